The zero-order valence-electron chi connectivity index (χ0n) is 30.9. The van der Waals surface area contributed by atoms with Gasteiger partial charge < -0.3 is 136 Å². The van der Waals surface area contributed by atoms with Crippen molar-refractivity contribution < 1.29 is 136 Å². The summed E-state index contributed by atoms with van der Waals surface area (Å²) in [6, 6.07) is 0. The molecule has 0 saturated carbocycles. The molecule has 346 valence electrons. The molecule has 21 N–H and O–H groups in total. The highest BCUT2D eigenvalue weighted by Crippen LogP contribution is 2.26. The summed E-state index contributed by atoms with van der Waals surface area (Å²) in [5, 5.41) is 193. The van der Waals surface area contributed by atoms with Crippen molar-refractivity contribution in [1.29, 1.82) is 0 Å². The van der Waals surface area contributed by atoms with Gasteiger partial charge in [0.15, 0.2) is 18.9 Å². The lowest BCUT2D eigenvalue weighted by Gasteiger charge is -2.41. The second kappa shape index (κ2) is 24.5. The smallest absolute Gasteiger partial charge is 0.186 e. The highest BCUT2D eigenvalue weighted by atomic mass is 16.7. The summed E-state index contributed by atoms with van der Waals surface area (Å²) >= 11 is 0. The lowest BCUT2D eigenvalue weighted by atomic mass is 9.96. The van der Waals surface area contributed by atoms with E-state index in [1.54, 1.807) is 6.92 Å². The van der Waals surface area contributed by atoms with Crippen LogP contribution in [0.4, 0.5) is 0 Å². The Balaban J connectivity index is 0.000000283. The lowest BCUT2D eigenvalue weighted by Crippen LogP contribution is -2.61. The summed E-state index contributed by atoms with van der Waals surface area (Å²) in [4.78, 5) is 0. The number of hydrogen-bond donors (Lipinski definition) is 21. The average Bonchev–Trinajstić information content (AvgIpc) is 3.50. The van der Waals surface area contributed by atoms with Gasteiger partial charge in [-0.2, -0.15) is 0 Å². The van der Waals surface area contributed by atoms with Crippen molar-refractivity contribution in [2.24, 2.45) is 0 Å². The third kappa shape index (κ3) is 13.2. The average molecular weight is 865 g/mol. The van der Waals surface area contributed by atoms with Gasteiger partial charge >= 0.3 is 0 Å². The largest absolute Gasteiger partial charge is 0.394 e. The van der Waals surface area contributed by atoms with Gasteiger partial charge in [0.2, 0.25) is 0 Å². The molecular weight excluding hydrogens is 804 g/mol. The van der Waals surface area contributed by atoms with Gasteiger partial charge in [-0.3, -0.25) is 0 Å². The Morgan fingerprint density at radius 1 is 0.310 bits per heavy atom. The molecule has 0 radical (unpaired) electrons. The second-order valence-electron chi connectivity index (χ2n) is 13.9. The third-order valence-corrected chi connectivity index (χ3v) is 9.78. The zero-order chi connectivity index (χ0) is 44.3. The fourth-order valence-corrected chi connectivity index (χ4v) is 5.96. The van der Waals surface area contributed by atoms with E-state index in [0.29, 0.717) is 0 Å². The van der Waals surface area contributed by atoms with Gasteiger partial charge in [-0.25, -0.2) is 0 Å². The molecule has 0 amide bonds. The van der Waals surface area contributed by atoms with E-state index in [-0.39, 0.29) is 19.8 Å². The van der Waals surface area contributed by atoms with Crippen LogP contribution in [0.1, 0.15) is 6.92 Å². The first-order chi connectivity index (χ1) is 27.1. The van der Waals surface area contributed by atoms with Crippen LogP contribution in [0.2, 0.25) is 0 Å². The molecule has 5 saturated heterocycles. The van der Waals surface area contributed by atoms with E-state index in [2.05, 4.69) is 4.74 Å². The van der Waals surface area contributed by atoms with E-state index in [0.717, 1.165) is 0 Å². The Labute approximate surface area is 329 Å². The molecule has 0 bridgehead atoms. The third-order valence-electron chi connectivity index (χ3n) is 9.78. The summed E-state index contributed by atoms with van der Waals surface area (Å²) in [7, 11) is 0. The molecule has 5 unspecified atom stereocenters. The number of hydrogen-bond acceptors (Lipinski definition) is 27. The van der Waals surface area contributed by atoms with Crippen molar-refractivity contribution in [3.05, 3.63) is 0 Å². The van der Waals surface area contributed by atoms with Crippen LogP contribution in [0.3, 0.4) is 0 Å². The Morgan fingerprint density at radius 2 is 0.603 bits per heavy atom. The quantitative estimate of drug-likeness (QED) is 0.108. The number of ether oxygens (including phenoxy) is 6. The van der Waals surface area contributed by atoms with Crippen LogP contribution in [0.5, 0.6) is 0 Å². The number of aliphatic hydroxyl groups excluding tert-OH is 21. The van der Waals surface area contributed by atoms with Crippen LogP contribution < -0.4 is 0 Å². The molecule has 5 fully saturated rings. The van der Waals surface area contributed by atoms with Crippen molar-refractivity contribution in [3.8, 4) is 0 Å². The molecule has 27 heteroatoms. The van der Waals surface area contributed by atoms with E-state index >= 15 is 0 Å². The molecule has 5 heterocycles. The van der Waals surface area contributed by atoms with Gasteiger partial charge in [-0.1, -0.05) is 0 Å². The fraction of sp³-hybridized carbons (Fsp3) is 1.00. The van der Waals surface area contributed by atoms with E-state index in [9.17, 15) is 51.1 Å². The van der Waals surface area contributed by atoms with E-state index in [4.69, 9.17) is 79.9 Å². The van der Waals surface area contributed by atoms with Crippen LogP contribution in [0.15, 0.2) is 0 Å². The van der Waals surface area contributed by atoms with Gasteiger partial charge in [0, 0.05) is 0 Å². The zero-order valence-corrected chi connectivity index (χ0v) is 30.9. The normalized spacial score (nSPS) is 49.3. The summed E-state index contributed by atoms with van der Waals surface area (Å²) in [5.41, 5.74) is 0. The second-order valence-corrected chi connectivity index (χ2v) is 13.9. The van der Waals surface area contributed by atoms with Gasteiger partial charge in [0.05, 0.1) is 45.7 Å². The molecule has 0 aromatic rings. The topological polar surface area (TPSA) is 480 Å². The van der Waals surface area contributed by atoms with E-state index in [1.165, 1.54) is 0 Å². The first-order valence-electron chi connectivity index (χ1n) is 18.0. The van der Waals surface area contributed by atoms with Crippen LogP contribution >= 0.6 is 0 Å². The Hall–Kier alpha value is -1.08. The van der Waals surface area contributed by atoms with Crippen molar-refractivity contribution in [1.82, 2.24) is 0 Å². The first-order valence-corrected chi connectivity index (χ1v) is 18.0. The summed E-state index contributed by atoms with van der Waals surface area (Å²) in [6.45, 7) is -1.12. The number of rotatable bonds is 8. The Bertz CT molecular complexity index is 1070. The molecule has 0 aromatic heterocycles. The van der Waals surface area contributed by atoms with Crippen molar-refractivity contribution in [3.63, 3.8) is 0 Å². The minimum atomic E-state index is -1.74. The monoisotopic (exact) mass is 864 g/mol. The van der Waals surface area contributed by atoms with E-state index in [1.807, 2.05) is 0 Å². The SMILES string of the molecule is CC1O[C@H](CO)[C@@H](O)[C@H](O)[C@H]1O.OCC1OC(OC[C@H]2O[C@H](O)[C@H](O)[C@@H](O)C2O)[C@H](O)[C@@H](O)[C@H]1O.OCC1O[C@H](CO)[C@@H](O)[C@@H]1O.OC[C@H]1O[C@H](O)[C@H](O)[C@@H](O)[C@@H]1O. The molecule has 0 aliphatic carbocycles. The minimum absolute atomic E-state index is 0.352. The lowest BCUT2D eigenvalue weighted by molar-refractivity contribution is -0.325. The summed E-state index contributed by atoms with van der Waals surface area (Å²) in [5.74, 6) is 0. The number of aliphatic hydroxyl groups is 21. The van der Waals surface area contributed by atoms with Crippen LogP contribution in [-0.2, 0) is 28.4 Å². The molecule has 27 nitrogen and oxygen atoms in total. The van der Waals surface area contributed by atoms with E-state index < -0.39 is 167 Å². The molecule has 5 rings (SSSR count). The molecule has 5 aliphatic rings. The Morgan fingerprint density at radius 3 is 1.00 bits per heavy atom. The minimum Gasteiger partial charge on any atom is -0.394 e. The first kappa shape index (κ1) is 53.1. The molecule has 0 spiro atoms. The fourth-order valence-electron chi connectivity index (χ4n) is 5.96. The van der Waals surface area contributed by atoms with Crippen molar-refractivity contribution in [2.45, 2.75) is 154 Å². The molecule has 0 aromatic carbocycles. The predicted molar refractivity (Wildman–Crippen MR) is 179 cm³/mol. The maximum atomic E-state index is 9.78. The summed E-state index contributed by atoms with van der Waals surface area (Å²) in [6.07, 6.45) is -31.0. The summed E-state index contributed by atoms with van der Waals surface area (Å²) < 4.78 is 29.6. The standard InChI is InChI=1S/C12H22O11.C7H14O5.C6H12O6.C6H12O5/c13-1-3-5(14)8(17)10(19)12(23-3)21-2-4-6(15)7(16)9(18)11(20)22-4;1-3-5(9)7(11)6(10)4(2-8)12-3;7-1-2-3(8)4(9)5(10)6(11)12-2;7-1-3-5(9)6(10)4(2-8)11-3/h3-20H,1-2H2;3-11H,2H2,1H3;2-11H,1H2;3-10H,1-2H2/t3?,4-,5+,6?,7+,8+,9-,10-,11+,12?;3?,4-,5+,6-,7-;2-,3-,4+,5-,6+;3-,4?,5-,6-/m1111/s1. The van der Waals surface area contributed by atoms with Crippen molar-refractivity contribution in [2.75, 3.05) is 39.6 Å². The highest BCUT2D eigenvalue weighted by Gasteiger charge is 2.48. The molecule has 5 aliphatic heterocycles. The van der Waals surface area contributed by atoms with Gasteiger partial charge in [0.1, 0.15) is 122 Å². The maximum absolute atomic E-state index is 9.78. The van der Waals surface area contributed by atoms with Gasteiger partial charge in [-0.05, 0) is 6.92 Å². The molecule has 58 heavy (non-hydrogen) atoms. The highest BCUT2D eigenvalue weighted by molar-refractivity contribution is 4.93. The predicted octanol–water partition coefficient (Wildman–Crippen LogP) is -13.3. The van der Waals surface area contributed by atoms with Gasteiger partial charge in [-0.15, -0.1) is 0 Å². The van der Waals surface area contributed by atoms with Gasteiger partial charge in [0.25, 0.3) is 0 Å². The van der Waals surface area contributed by atoms with Crippen molar-refractivity contribution >= 4 is 0 Å². The molecular formula is C31H60O27. The van der Waals surface area contributed by atoms with Crippen LogP contribution in [0, 0.1) is 0 Å². The molecule has 24 atom stereocenters. The van der Waals surface area contributed by atoms with Crippen LogP contribution in [0.25, 0.3) is 0 Å². The Kier molecular flexibility index (Phi) is 22.4. The maximum Gasteiger partial charge on any atom is 0.186 e. The van der Waals surface area contributed by atoms with Crippen LogP contribution in [-0.4, -0.2) is 294 Å².